The molecule has 2 aromatic carbocycles. The number of sulfonamides is 1. The Kier molecular flexibility index (Phi) is 7.24. The van der Waals surface area contributed by atoms with Gasteiger partial charge in [-0.15, -0.1) is 0 Å². The molecule has 33 heavy (non-hydrogen) atoms. The summed E-state index contributed by atoms with van der Waals surface area (Å²) in [5.41, 5.74) is 1.89. The largest absolute Gasteiger partial charge is 0.478 e. The van der Waals surface area contributed by atoms with Gasteiger partial charge in [-0.2, -0.15) is 0 Å². The minimum Gasteiger partial charge on any atom is -0.478 e. The highest BCUT2D eigenvalue weighted by molar-refractivity contribution is 7.92. The average Bonchev–Trinajstić information content (AvgIpc) is 2.84. The Morgan fingerprint density at radius 2 is 1.67 bits per heavy atom. The van der Waals surface area contributed by atoms with Gasteiger partial charge in [0.1, 0.15) is 0 Å². The van der Waals surface area contributed by atoms with E-state index in [9.17, 15) is 18.3 Å². The fourth-order valence-corrected chi connectivity index (χ4v) is 5.96. The van der Waals surface area contributed by atoms with Crippen molar-refractivity contribution in [2.45, 2.75) is 56.4 Å². The predicted molar refractivity (Wildman–Crippen MR) is 131 cm³/mol. The third-order valence-electron chi connectivity index (χ3n) is 6.86. The Morgan fingerprint density at radius 1 is 1.00 bits per heavy atom. The summed E-state index contributed by atoms with van der Waals surface area (Å²) in [5, 5.41) is 9.78. The second-order valence-corrected chi connectivity index (χ2v) is 10.6. The number of aromatic carboxylic acids is 1. The smallest absolute Gasteiger partial charge is 0.337 e. The first-order chi connectivity index (χ1) is 15.9. The molecule has 0 bridgehead atoms. The number of aryl methyl sites for hydroxylation is 1. The number of hydrogen-bond donors (Lipinski definition) is 2. The van der Waals surface area contributed by atoms with Gasteiger partial charge in [-0.25, -0.2) is 13.2 Å². The molecule has 0 saturated carbocycles. The van der Waals surface area contributed by atoms with E-state index in [0.717, 1.165) is 43.6 Å². The highest BCUT2D eigenvalue weighted by atomic mass is 32.2. The fraction of sp³-hybridized carbons (Fsp3) is 0.480. The Morgan fingerprint density at radius 3 is 2.27 bits per heavy atom. The maximum atomic E-state index is 12.8. The summed E-state index contributed by atoms with van der Waals surface area (Å²) >= 11 is 0. The zero-order valence-corrected chi connectivity index (χ0v) is 20.0. The number of nitrogens with zero attached hydrogens (tertiary/aromatic N) is 2. The molecule has 0 atom stereocenters. The lowest BCUT2D eigenvalue weighted by molar-refractivity contribution is 0.0698. The summed E-state index contributed by atoms with van der Waals surface area (Å²) in [4.78, 5) is 16.9. The molecule has 2 heterocycles. The van der Waals surface area contributed by atoms with Crippen LogP contribution in [-0.4, -0.2) is 56.6 Å². The van der Waals surface area contributed by atoms with Crippen LogP contribution < -0.4 is 9.62 Å². The van der Waals surface area contributed by atoms with Gasteiger partial charge in [0.25, 0.3) is 10.0 Å². The Hall–Kier alpha value is -2.58. The van der Waals surface area contributed by atoms with Crippen molar-refractivity contribution in [3.63, 3.8) is 0 Å². The van der Waals surface area contributed by atoms with Gasteiger partial charge in [0.05, 0.1) is 16.1 Å². The fourth-order valence-electron chi connectivity index (χ4n) is 4.88. The number of anilines is 2. The Balaban J connectivity index is 1.48. The summed E-state index contributed by atoms with van der Waals surface area (Å²) < 4.78 is 28.1. The summed E-state index contributed by atoms with van der Waals surface area (Å²) in [6, 6.07) is 12.2. The molecule has 2 aliphatic rings. The van der Waals surface area contributed by atoms with Crippen molar-refractivity contribution in [1.29, 1.82) is 0 Å². The summed E-state index contributed by atoms with van der Waals surface area (Å²) in [6.07, 6.45) is 6.82. The first kappa shape index (κ1) is 23.6. The van der Waals surface area contributed by atoms with Crippen LogP contribution in [0.25, 0.3) is 0 Å². The van der Waals surface area contributed by atoms with Crippen LogP contribution in [0.15, 0.2) is 47.4 Å². The normalized spacial score (nSPS) is 18.3. The lowest BCUT2D eigenvalue weighted by atomic mass is 9.99. The number of carboxylic acid groups (broad SMARTS) is 1. The maximum Gasteiger partial charge on any atom is 0.337 e. The maximum absolute atomic E-state index is 12.8. The Labute approximate surface area is 196 Å². The molecule has 8 heteroatoms. The van der Waals surface area contributed by atoms with Crippen LogP contribution in [0.4, 0.5) is 11.4 Å². The van der Waals surface area contributed by atoms with Crippen LogP contribution in [0.3, 0.4) is 0 Å². The van der Waals surface area contributed by atoms with Crippen LogP contribution in [0.5, 0.6) is 0 Å². The minimum absolute atomic E-state index is 0.0422. The number of rotatable bonds is 7. The van der Waals surface area contributed by atoms with E-state index in [1.165, 1.54) is 32.4 Å². The van der Waals surface area contributed by atoms with Crippen molar-refractivity contribution in [3.05, 3.63) is 53.6 Å². The molecule has 0 amide bonds. The van der Waals surface area contributed by atoms with Crippen LogP contribution in [-0.2, 0) is 16.4 Å². The third-order valence-corrected chi connectivity index (χ3v) is 8.24. The van der Waals surface area contributed by atoms with Gasteiger partial charge < -0.3 is 14.9 Å². The standard InChI is InChI=1S/C25H33N3O4S/c1-2-19-6-9-22(10-7-19)33(31,32)26-24-11-8-21(18-23(24)25(29)30)28-16-12-20(13-17-28)27-14-4-3-5-15-27/h6-11,18,20,26H,2-5,12-17H2,1H3,(H,29,30). The van der Waals surface area contributed by atoms with Crippen molar-refractivity contribution < 1.29 is 18.3 Å². The number of hydrogen-bond acceptors (Lipinski definition) is 5. The van der Waals surface area contributed by atoms with Gasteiger partial charge in [-0.3, -0.25) is 4.72 Å². The zero-order chi connectivity index (χ0) is 23.4. The summed E-state index contributed by atoms with van der Waals surface area (Å²) in [6.45, 7) is 6.11. The molecule has 0 unspecified atom stereocenters. The highest BCUT2D eigenvalue weighted by Crippen LogP contribution is 2.29. The summed E-state index contributed by atoms with van der Waals surface area (Å²) in [5.74, 6) is -1.15. The van der Waals surface area contributed by atoms with Gasteiger partial charge in [-0.1, -0.05) is 25.5 Å². The molecule has 0 spiro atoms. The number of nitrogens with one attached hydrogen (secondary N) is 1. The van der Waals surface area contributed by atoms with E-state index < -0.39 is 16.0 Å². The predicted octanol–water partition coefficient (Wildman–Crippen LogP) is 4.20. The molecule has 2 aromatic rings. The van der Waals surface area contributed by atoms with Crippen LogP contribution in [0.2, 0.25) is 0 Å². The number of piperidine rings is 2. The van der Waals surface area contributed by atoms with Gasteiger partial charge in [0, 0.05) is 24.8 Å². The van der Waals surface area contributed by atoms with Gasteiger partial charge >= 0.3 is 5.97 Å². The third kappa shape index (κ3) is 5.50. The van der Waals surface area contributed by atoms with E-state index in [0.29, 0.717) is 6.04 Å². The van der Waals surface area contributed by atoms with Crippen molar-refractivity contribution in [1.82, 2.24) is 4.90 Å². The minimum atomic E-state index is -3.88. The van der Waals surface area contributed by atoms with Gasteiger partial charge in [-0.05, 0) is 81.1 Å². The molecular formula is C25H33N3O4S. The molecule has 0 radical (unpaired) electrons. The monoisotopic (exact) mass is 471 g/mol. The Bertz CT molecular complexity index is 1070. The zero-order valence-electron chi connectivity index (χ0n) is 19.2. The van der Waals surface area contributed by atoms with E-state index in [1.807, 2.05) is 13.0 Å². The molecular weight excluding hydrogens is 438 g/mol. The first-order valence-corrected chi connectivity index (χ1v) is 13.3. The van der Waals surface area contributed by atoms with Gasteiger partial charge in [0.15, 0.2) is 0 Å². The first-order valence-electron chi connectivity index (χ1n) is 11.9. The molecule has 2 saturated heterocycles. The highest BCUT2D eigenvalue weighted by Gasteiger charge is 2.27. The number of benzene rings is 2. The van der Waals surface area contributed by atoms with Crippen molar-refractivity contribution in [2.75, 3.05) is 35.8 Å². The second kappa shape index (κ2) is 10.1. The molecule has 2 aliphatic heterocycles. The van der Waals surface area contributed by atoms with Crippen LogP contribution >= 0.6 is 0 Å². The van der Waals surface area contributed by atoms with Crippen molar-refractivity contribution in [2.24, 2.45) is 0 Å². The second-order valence-electron chi connectivity index (χ2n) is 8.95. The number of carboxylic acids is 1. The van der Waals surface area contributed by atoms with Crippen LogP contribution in [0.1, 0.15) is 54.9 Å². The van der Waals surface area contributed by atoms with E-state index in [2.05, 4.69) is 14.5 Å². The molecule has 0 aromatic heterocycles. The van der Waals surface area contributed by atoms with E-state index >= 15 is 0 Å². The lowest BCUT2D eigenvalue weighted by Gasteiger charge is -2.41. The topological polar surface area (TPSA) is 90.0 Å². The van der Waals surface area contributed by atoms with Gasteiger partial charge in [0.2, 0.25) is 0 Å². The number of carbonyl (C=O) groups is 1. The molecule has 178 valence electrons. The quantitative estimate of drug-likeness (QED) is 0.629. The van der Waals surface area contributed by atoms with Crippen LogP contribution in [0, 0.1) is 0 Å². The SMILES string of the molecule is CCc1ccc(S(=O)(=O)Nc2ccc(N3CCC(N4CCCCC4)CC3)cc2C(=O)O)cc1. The van der Waals surface area contributed by atoms with Crippen molar-refractivity contribution >= 4 is 27.4 Å². The molecule has 4 rings (SSSR count). The molecule has 2 N–H and O–H groups in total. The van der Waals surface area contributed by atoms with E-state index in [1.54, 1.807) is 36.4 Å². The molecule has 0 aliphatic carbocycles. The molecule has 2 fully saturated rings. The molecule has 7 nitrogen and oxygen atoms in total. The average molecular weight is 472 g/mol. The van der Waals surface area contributed by atoms with E-state index in [-0.39, 0.29) is 16.1 Å². The summed E-state index contributed by atoms with van der Waals surface area (Å²) in [7, 11) is -3.88. The van der Waals surface area contributed by atoms with Crippen molar-refractivity contribution in [3.8, 4) is 0 Å². The lowest BCUT2D eigenvalue weighted by Crippen LogP contribution is -2.46. The van der Waals surface area contributed by atoms with E-state index in [4.69, 9.17) is 0 Å². The number of likely N-dealkylation sites (tertiary alicyclic amines) is 1.